The standard InChI is InChI=1S/C15H20ClN3O2/c16-13-2-1-3-14(15(13)19(20)21)18-8-6-12(7-9-18)17-10-11-4-5-11/h1-3,11-12,17H,4-10H2. The first-order chi connectivity index (χ1) is 10.1. The van der Waals surface area contributed by atoms with Crippen LogP contribution in [0.25, 0.3) is 0 Å². The van der Waals surface area contributed by atoms with Crippen molar-refractivity contribution in [1.29, 1.82) is 0 Å². The lowest BCUT2D eigenvalue weighted by Gasteiger charge is -2.33. The van der Waals surface area contributed by atoms with Gasteiger partial charge >= 0.3 is 5.69 Å². The van der Waals surface area contributed by atoms with Crippen molar-refractivity contribution in [2.24, 2.45) is 5.92 Å². The molecule has 21 heavy (non-hydrogen) atoms. The molecule has 1 heterocycles. The highest BCUT2D eigenvalue weighted by molar-refractivity contribution is 6.33. The summed E-state index contributed by atoms with van der Waals surface area (Å²) in [4.78, 5) is 12.9. The van der Waals surface area contributed by atoms with Crippen molar-refractivity contribution in [3.8, 4) is 0 Å². The molecule has 0 atom stereocenters. The molecule has 0 radical (unpaired) electrons. The zero-order valence-corrected chi connectivity index (χ0v) is 12.7. The third-order valence-electron chi connectivity index (χ3n) is 4.38. The topological polar surface area (TPSA) is 58.4 Å². The van der Waals surface area contributed by atoms with Gasteiger partial charge < -0.3 is 10.2 Å². The number of nitrogens with one attached hydrogen (secondary N) is 1. The number of nitro groups is 1. The van der Waals surface area contributed by atoms with Crippen molar-refractivity contribution >= 4 is 23.0 Å². The smallest absolute Gasteiger partial charge is 0.310 e. The van der Waals surface area contributed by atoms with Gasteiger partial charge in [0.05, 0.1) is 4.92 Å². The fraction of sp³-hybridized carbons (Fsp3) is 0.600. The first-order valence-corrected chi connectivity index (χ1v) is 7.94. The summed E-state index contributed by atoms with van der Waals surface area (Å²) in [5, 5.41) is 15.0. The number of piperidine rings is 1. The molecule has 1 aromatic rings. The summed E-state index contributed by atoms with van der Waals surface area (Å²) in [6, 6.07) is 5.69. The Hall–Kier alpha value is -1.33. The van der Waals surface area contributed by atoms with Gasteiger partial charge in [-0.2, -0.15) is 0 Å². The highest BCUT2D eigenvalue weighted by Gasteiger charge is 2.28. The Labute approximate surface area is 129 Å². The Kier molecular flexibility index (Phi) is 4.31. The highest BCUT2D eigenvalue weighted by Crippen LogP contribution is 2.36. The van der Waals surface area contributed by atoms with Crippen LogP contribution in [0, 0.1) is 16.0 Å². The predicted molar refractivity (Wildman–Crippen MR) is 84.1 cm³/mol. The maximum Gasteiger partial charge on any atom is 0.310 e. The van der Waals surface area contributed by atoms with Crippen LogP contribution in [0.5, 0.6) is 0 Å². The summed E-state index contributed by atoms with van der Waals surface area (Å²) >= 11 is 5.98. The van der Waals surface area contributed by atoms with E-state index in [4.69, 9.17) is 11.6 Å². The number of nitro benzene ring substituents is 1. The number of nitrogens with zero attached hydrogens (tertiary/aromatic N) is 2. The third kappa shape index (κ3) is 3.47. The van der Waals surface area contributed by atoms with E-state index in [9.17, 15) is 10.1 Å². The zero-order valence-electron chi connectivity index (χ0n) is 11.9. The van der Waals surface area contributed by atoms with Crippen LogP contribution in [-0.4, -0.2) is 30.6 Å². The van der Waals surface area contributed by atoms with Gasteiger partial charge in [0.2, 0.25) is 0 Å². The van der Waals surface area contributed by atoms with Gasteiger partial charge in [-0.05, 0) is 50.3 Å². The Morgan fingerprint density at radius 3 is 2.62 bits per heavy atom. The summed E-state index contributed by atoms with van der Waals surface area (Å²) in [6.45, 7) is 2.80. The van der Waals surface area contributed by atoms with Gasteiger partial charge in [0.1, 0.15) is 10.7 Å². The van der Waals surface area contributed by atoms with E-state index in [1.165, 1.54) is 12.8 Å². The van der Waals surface area contributed by atoms with Crippen molar-refractivity contribution in [3.05, 3.63) is 33.3 Å². The number of hydrogen-bond acceptors (Lipinski definition) is 4. The van der Waals surface area contributed by atoms with Crippen molar-refractivity contribution in [3.63, 3.8) is 0 Å². The van der Waals surface area contributed by atoms with Crippen LogP contribution in [0.15, 0.2) is 18.2 Å². The molecule has 1 aliphatic heterocycles. The second-order valence-corrected chi connectivity index (χ2v) is 6.38. The van der Waals surface area contributed by atoms with Gasteiger partial charge in [0.25, 0.3) is 0 Å². The monoisotopic (exact) mass is 309 g/mol. The lowest BCUT2D eigenvalue weighted by molar-refractivity contribution is -0.384. The van der Waals surface area contributed by atoms with Crippen LogP contribution in [0.2, 0.25) is 5.02 Å². The molecule has 0 bridgehead atoms. The lowest BCUT2D eigenvalue weighted by Crippen LogP contribution is -2.43. The van der Waals surface area contributed by atoms with Crippen LogP contribution in [0.4, 0.5) is 11.4 Å². The van der Waals surface area contributed by atoms with Crippen molar-refractivity contribution < 1.29 is 4.92 Å². The summed E-state index contributed by atoms with van der Waals surface area (Å²) in [5.41, 5.74) is 0.677. The number of halogens is 1. The van der Waals surface area contributed by atoms with Crippen LogP contribution in [0.1, 0.15) is 25.7 Å². The minimum absolute atomic E-state index is 0.0311. The molecule has 1 saturated heterocycles. The second kappa shape index (κ2) is 6.20. The zero-order chi connectivity index (χ0) is 14.8. The quantitative estimate of drug-likeness (QED) is 0.670. The van der Waals surface area contributed by atoms with E-state index in [1.807, 2.05) is 0 Å². The maximum absolute atomic E-state index is 11.2. The average molecular weight is 310 g/mol. The highest BCUT2D eigenvalue weighted by atomic mass is 35.5. The molecule has 0 spiro atoms. The molecule has 0 aromatic heterocycles. The molecule has 1 aliphatic carbocycles. The summed E-state index contributed by atoms with van der Waals surface area (Å²) in [6.07, 6.45) is 4.77. The van der Waals surface area contributed by atoms with Crippen molar-refractivity contribution in [1.82, 2.24) is 5.32 Å². The van der Waals surface area contributed by atoms with Gasteiger partial charge in [-0.25, -0.2) is 0 Å². The van der Waals surface area contributed by atoms with Gasteiger partial charge in [0.15, 0.2) is 0 Å². The SMILES string of the molecule is O=[N+]([O-])c1c(Cl)cccc1N1CCC(NCC2CC2)CC1. The van der Waals surface area contributed by atoms with E-state index in [0.717, 1.165) is 38.4 Å². The van der Waals surface area contributed by atoms with E-state index in [1.54, 1.807) is 18.2 Å². The van der Waals surface area contributed by atoms with Gasteiger partial charge in [-0.15, -0.1) is 0 Å². The van der Waals surface area contributed by atoms with Crippen LogP contribution < -0.4 is 10.2 Å². The van der Waals surface area contributed by atoms with E-state index in [0.29, 0.717) is 11.7 Å². The fourth-order valence-electron chi connectivity index (χ4n) is 2.92. The Morgan fingerprint density at radius 1 is 1.29 bits per heavy atom. The van der Waals surface area contributed by atoms with E-state index >= 15 is 0 Å². The number of rotatable bonds is 5. The molecule has 1 saturated carbocycles. The van der Waals surface area contributed by atoms with Gasteiger partial charge in [-0.3, -0.25) is 10.1 Å². The second-order valence-electron chi connectivity index (χ2n) is 5.98. The molecule has 2 aliphatic rings. The van der Waals surface area contributed by atoms with Crippen molar-refractivity contribution in [2.75, 3.05) is 24.5 Å². The number of anilines is 1. The molecule has 6 heteroatoms. The molecule has 5 nitrogen and oxygen atoms in total. The number of benzene rings is 1. The van der Waals surface area contributed by atoms with Crippen molar-refractivity contribution in [2.45, 2.75) is 31.7 Å². The maximum atomic E-state index is 11.2. The molecule has 0 amide bonds. The minimum Gasteiger partial charge on any atom is -0.366 e. The Balaban J connectivity index is 1.63. The normalized spacial score (nSPS) is 19.8. The van der Waals surface area contributed by atoms with Gasteiger partial charge in [-0.1, -0.05) is 17.7 Å². The summed E-state index contributed by atoms with van der Waals surface area (Å²) in [5.74, 6) is 0.886. The Bertz CT molecular complexity index is 526. The summed E-state index contributed by atoms with van der Waals surface area (Å²) < 4.78 is 0. The largest absolute Gasteiger partial charge is 0.366 e. The number of hydrogen-bond donors (Lipinski definition) is 1. The molecular formula is C15H20ClN3O2. The van der Waals surface area contributed by atoms with Crippen LogP contribution in [0.3, 0.4) is 0 Å². The molecule has 2 fully saturated rings. The first kappa shape index (κ1) is 14.6. The Morgan fingerprint density at radius 2 is 2.00 bits per heavy atom. The van der Waals surface area contributed by atoms with E-state index in [-0.39, 0.29) is 15.6 Å². The third-order valence-corrected chi connectivity index (χ3v) is 4.68. The van der Waals surface area contributed by atoms with Crippen LogP contribution in [-0.2, 0) is 0 Å². The molecular weight excluding hydrogens is 290 g/mol. The summed E-state index contributed by atoms with van der Waals surface area (Å²) in [7, 11) is 0. The average Bonchev–Trinajstić information content (AvgIpc) is 3.29. The predicted octanol–water partition coefficient (Wildman–Crippen LogP) is 3.22. The molecule has 0 unspecified atom stereocenters. The van der Waals surface area contributed by atoms with Crippen LogP contribution >= 0.6 is 11.6 Å². The number of para-hydroxylation sites is 1. The fourth-order valence-corrected chi connectivity index (χ4v) is 3.16. The molecule has 1 N–H and O–H groups in total. The molecule has 114 valence electrons. The molecule has 3 rings (SSSR count). The minimum atomic E-state index is -0.380. The van der Waals surface area contributed by atoms with E-state index in [2.05, 4.69) is 10.2 Å². The lowest BCUT2D eigenvalue weighted by atomic mass is 10.0. The first-order valence-electron chi connectivity index (χ1n) is 7.56. The van der Waals surface area contributed by atoms with Gasteiger partial charge in [0, 0.05) is 19.1 Å². The molecule has 1 aromatic carbocycles. The van der Waals surface area contributed by atoms with E-state index < -0.39 is 0 Å².